The Morgan fingerprint density at radius 3 is 2.68 bits per heavy atom. The van der Waals surface area contributed by atoms with E-state index in [4.69, 9.17) is 9.47 Å². The van der Waals surface area contributed by atoms with Crippen LogP contribution in [0.15, 0.2) is 24.3 Å². The highest BCUT2D eigenvalue weighted by Gasteiger charge is 2.08. The molecule has 1 aromatic rings. The summed E-state index contributed by atoms with van der Waals surface area (Å²) in [5.41, 5.74) is 0.686. The van der Waals surface area contributed by atoms with Crippen molar-refractivity contribution in [2.24, 2.45) is 0 Å². The van der Waals surface area contributed by atoms with E-state index in [2.05, 4.69) is 5.32 Å². The van der Waals surface area contributed by atoms with Gasteiger partial charge in [0.25, 0.3) is 0 Å². The molecule has 0 heterocycles. The van der Waals surface area contributed by atoms with Crippen LogP contribution in [-0.4, -0.2) is 51.3 Å². The van der Waals surface area contributed by atoms with Crippen molar-refractivity contribution >= 4 is 11.6 Å². The van der Waals surface area contributed by atoms with Crippen molar-refractivity contribution in [1.29, 1.82) is 0 Å². The van der Waals surface area contributed by atoms with E-state index < -0.39 is 0 Å². The molecule has 0 saturated carbocycles. The molecule has 0 unspecified atom stereocenters. The van der Waals surface area contributed by atoms with Crippen molar-refractivity contribution in [1.82, 2.24) is 4.90 Å². The first-order valence-corrected chi connectivity index (χ1v) is 6.37. The summed E-state index contributed by atoms with van der Waals surface area (Å²) in [4.78, 5) is 13.5. The molecule has 5 nitrogen and oxygen atoms in total. The van der Waals surface area contributed by atoms with Gasteiger partial charge in [-0.3, -0.25) is 4.79 Å². The van der Waals surface area contributed by atoms with E-state index in [1.165, 1.54) is 0 Å². The second-order valence-electron chi connectivity index (χ2n) is 4.33. The highest BCUT2D eigenvalue weighted by molar-refractivity contribution is 5.93. The third-order valence-electron chi connectivity index (χ3n) is 2.31. The number of benzene rings is 1. The number of anilines is 1. The van der Waals surface area contributed by atoms with Crippen molar-refractivity contribution < 1.29 is 14.3 Å². The molecule has 5 heteroatoms. The lowest BCUT2D eigenvalue weighted by atomic mass is 10.3. The van der Waals surface area contributed by atoms with Crippen molar-refractivity contribution in [3.8, 4) is 5.75 Å². The van der Waals surface area contributed by atoms with Gasteiger partial charge in [-0.05, 0) is 33.2 Å². The van der Waals surface area contributed by atoms with Gasteiger partial charge in [0.2, 0.25) is 5.91 Å². The third kappa shape index (κ3) is 6.22. The molecular weight excluding hydrogens is 244 g/mol. The van der Waals surface area contributed by atoms with Gasteiger partial charge in [0.05, 0.1) is 18.8 Å². The first-order valence-electron chi connectivity index (χ1n) is 6.37. The number of carbonyl (C=O) groups excluding carboxylic acids is 1. The van der Waals surface area contributed by atoms with Crippen LogP contribution in [0.1, 0.15) is 6.92 Å². The predicted octanol–water partition coefficient (Wildman–Crippen LogP) is 1.60. The Labute approximate surface area is 114 Å². The Hall–Kier alpha value is -1.59. The zero-order valence-corrected chi connectivity index (χ0v) is 11.8. The number of likely N-dealkylation sites (N-methyl/N-ethyl adjacent to an activating group) is 1. The topological polar surface area (TPSA) is 50.8 Å². The maximum Gasteiger partial charge on any atom is 0.238 e. The second-order valence-corrected chi connectivity index (χ2v) is 4.33. The highest BCUT2D eigenvalue weighted by atomic mass is 16.5. The Kier molecular flexibility index (Phi) is 6.92. The minimum atomic E-state index is -0.0640. The van der Waals surface area contributed by atoms with Crippen molar-refractivity contribution in [3.63, 3.8) is 0 Å². The largest absolute Gasteiger partial charge is 0.489 e. The number of amides is 1. The summed E-state index contributed by atoms with van der Waals surface area (Å²) in [6, 6.07) is 7.39. The molecule has 0 atom stereocenters. The normalized spacial score (nSPS) is 10.5. The summed E-state index contributed by atoms with van der Waals surface area (Å²) in [5, 5.41) is 2.84. The molecule has 19 heavy (non-hydrogen) atoms. The van der Waals surface area contributed by atoms with Gasteiger partial charge in [0.1, 0.15) is 12.4 Å². The molecule has 1 amide bonds. The lowest BCUT2D eigenvalue weighted by molar-refractivity contribution is -0.116. The molecule has 106 valence electrons. The molecule has 0 aliphatic heterocycles. The predicted molar refractivity (Wildman–Crippen MR) is 75.6 cm³/mol. The molecule has 0 radical (unpaired) electrons. The van der Waals surface area contributed by atoms with Crippen LogP contribution in [0.25, 0.3) is 0 Å². The van der Waals surface area contributed by atoms with Crippen molar-refractivity contribution in [3.05, 3.63) is 24.3 Å². The molecule has 0 aromatic heterocycles. The fourth-order valence-electron chi connectivity index (χ4n) is 1.53. The van der Waals surface area contributed by atoms with Crippen LogP contribution < -0.4 is 10.1 Å². The second kappa shape index (κ2) is 8.50. The SMILES string of the molecule is CCOCCOc1ccccc1NC(=O)CN(C)C. The van der Waals surface area contributed by atoms with Crippen LogP contribution in [0.3, 0.4) is 0 Å². The fraction of sp³-hybridized carbons (Fsp3) is 0.500. The maximum atomic E-state index is 11.7. The Bertz CT molecular complexity index is 394. The number of para-hydroxylation sites is 2. The van der Waals surface area contributed by atoms with Crippen LogP contribution in [-0.2, 0) is 9.53 Å². The van der Waals surface area contributed by atoms with Gasteiger partial charge >= 0.3 is 0 Å². The average molecular weight is 266 g/mol. The molecule has 0 bridgehead atoms. The van der Waals surface area contributed by atoms with Crippen molar-refractivity contribution in [2.75, 3.05) is 45.8 Å². The Balaban J connectivity index is 2.55. The summed E-state index contributed by atoms with van der Waals surface area (Å²) in [7, 11) is 3.70. The molecule has 0 aliphatic rings. The summed E-state index contributed by atoms with van der Waals surface area (Å²) in [6.07, 6.45) is 0. The summed E-state index contributed by atoms with van der Waals surface area (Å²) in [5.74, 6) is 0.597. The average Bonchev–Trinajstić information content (AvgIpc) is 2.35. The number of nitrogens with one attached hydrogen (secondary N) is 1. The summed E-state index contributed by atoms with van der Waals surface area (Å²) in [6.45, 7) is 3.96. The van der Waals surface area contributed by atoms with E-state index in [0.717, 1.165) is 0 Å². The number of ether oxygens (including phenoxy) is 2. The van der Waals surface area contributed by atoms with E-state index in [0.29, 0.717) is 37.8 Å². The van der Waals surface area contributed by atoms with Gasteiger partial charge in [0.15, 0.2) is 0 Å². The number of nitrogens with zero attached hydrogens (tertiary/aromatic N) is 1. The van der Waals surface area contributed by atoms with Gasteiger partial charge in [-0.1, -0.05) is 12.1 Å². The lowest BCUT2D eigenvalue weighted by Crippen LogP contribution is -2.27. The zero-order chi connectivity index (χ0) is 14.1. The molecule has 1 N–H and O–H groups in total. The first-order chi connectivity index (χ1) is 9.13. The van der Waals surface area contributed by atoms with Crippen molar-refractivity contribution in [2.45, 2.75) is 6.92 Å². The summed E-state index contributed by atoms with van der Waals surface area (Å²) < 4.78 is 10.8. The molecule has 0 spiro atoms. The number of carbonyl (C=O) groups is 1. The quantitative estimate of drug-likeness (QED) is 0.726. The van der Waals surface area contributed by atoms with E-state index >= 15 is 0 Å². The monoisotopic (exact) mass is 266 g/mol. The number of hydrogen-bond acceptors (Lipinski definition) is 4. The molecular formula is C14H22N2O3. The highest BCUT2D eigenvalue weighted by Crippen LogP contribution is 2.23. The van der Waals surface area contributed by atoms with Crippen LogP contribution >= 0.6 is 0 Å². The van der Waals surface area contributed by atoms with Gasteiger partial charge in [-0.25, -0.2) is 0 Å². The summed E-state index contributed by atoms with van der Waals surface area (Å²) >= 11 is 0. The molecule has 0 saturated heterocycles. The number of rotatable bonds is 8. The van der Waals surface area contributed by atoms with E-state index in [-0.39, 0.29) is 5.91 Å². The van der Waals surface area contributed by atoms with Gasteiger partial charge in [-0.15, -0.1) is 0 Å². The van der Waals surface area contributed by atoms with Gasteiger partial charge < -0.3 is 19.7 Å². The van der Waals surface area contributed by atoms with E-state index in [1.54, 1.807) is 0 Å². The molecule has 1 rings (SSSR count). The van der Waals surface area contributed by atoms with Crippen LogP contribution in [0.2, 0.25) is 0 Å². The fourth-order valence-corrected chi connectivity index (χ4v) is 1.53. The zero-order valence-electron chi connectivity index (χ0n) is 11.8. The molecule has 0 fully saturated rings. The minimum Gasteiger partial charge on any atom is -0.489 e. The first kappa shape index (κ1) is 15.5. The van der Waals surface area contributed by atoms with Gasteiger partial charge in [0, 0.05) is 6.61 Å². The molecule has 1 aromatic carbocycles. The smallest absolute Gasteiger partial charge is 0.238 e. The van der Waals surface area contributed by atoms with E-state index in [1.807, 2.05) is 50.2 Å². The maximum absolute atomic E-state index is 11.7. The lowest BCUT2D eigenvalue weighted by Gasteiger charge is -2.14. The third-order valence-corrected chi connectivity index (χ3v) is 2.31. The molecule has 0 aliphatic carbocycles. The van der Waals surface area contributed by atoms with Crippen LogP contribution in [0.4, 0.5) is 5.69 Å². The van der Waals surface area contributed by atoms with Gasteiger partial charge in [-0.2, -0.15) is 0 Å². The number of hydrogen-bond donors (Lipinski definition) is 1. The standard InChI is InChI=1S/C14H22N2O3/c1-4-18-9-10-19-13-8-6-5-7-12(13)15-14(17)11-16(2)3/h5-8H,4,9-11H2,1-3H3,(H,15,17). The Morgan fingerprint density at radius 1 is 1.26 bits per heavy atom. The minimum absolute atomic E-state index is 0.0640. The Morgan fingerprint density at radius 2 is 2.00 bits per heavy atom. The van der Waals surface area contributed by atoms with E-state index in [9.17, 15) is 4.79 Å². The van der Waals surface area contributed by atoms with Crippen LogP contribution in [0, 0.1) is 0 Å². The van der Waals surface area contributed by atoms with Crippen LogP contribution in [0.5, 0.6) is 5.75 Å².